The van der Waals surface area contributed by atoms with Gasteiger partial charge in [-0.2, -0.15) is 4.98 Å². The molecule has 2 aromatic heterocycles. The number of nitrogens with one attached hydrogen (secondary N) is 2. The van der Waals surface area contributed by atoms with Crippen molar-refractivity contribution in [1.29, 1.82) is 0 Å². The fraction of sp³-hybridized carbons (Fsp3) is 0.0952. The van der Waals surface area contributed by atoms with Gasteiger partial charge < -0.3 is 14.8 Å². The Bertz CT molecular complexity index is 1250. The Balaban J connectivity index is 1.59. The molecule has 28 heavy (non-hydrogen) atoms. The van der Waals surface area contributed by atoms with E-state index in [1.807, 2.05) is 49.4 Å². The molecule has 0 unspecified atom stereocenters. The van der Waals surface area contributed by atoms with Crippen LogP contribution in [0.2, 0.25) is 0 Å². The topological polar surface area (TPSA) is 89.1 Å². The number of H-pyrrole nitrogens is 1. The predicted molar refractivity (Wildman–Crippen MR) is 106 cm³/mol. The van der Waals surface area contributed by atoms with Crippen LogP contribution in [-0.4, -0.2) is 21.7 Å². The summed E-state index contributed by atoms with van der Waals surface area (Å²) < 4.78 is 10.8. The SMILES string of the molecule is Cc1ccc(Nc2nc3nccc(-c4ccc5c(c4)OCO5)c3c(=O)[nH]2)cc1. The molecule has 2 aromatic carbocycles. The summed E-state index contributed by atoms with van der Waals surface area (Å²) in [4.78, 5) is 24.4. The highest BCUT2D eigenvalue weighted by atomic mass is 16.7. The summed E-state index contributed by atoms with van der Waals surface area (Å²) in [5.74, 6) is 1.69. The highest BCUT2D eigenvalue weighted by molar-refractivity contribution is 5.92. The number of aromatic nitrogens is 3. The fourth-order valence-corrected chi connectivity index (χ4v) is 3.20. The van der Waals surface area contributed by atoms with Crippen LogP contribution in [0.1, 0.15) is 5.56 Å². The molecule has 1 aliphatic rings. The second kappa shape index (κ2) is 6.38. The average Bonchev–Trinajstić information content (AvgIpc) is 3.17. The van der Waals surface area contributed by atoms with Crippen molar-refractivity contribution in [3.63, 3.8) is 0 Å². The molecule has 3 heterocycles. The second-order valence-electron chi connectivity index (χ2n) is 6.53. The Morgan fingerprint density at radius 1 is 1.04 bits per heavy atom. The lowest BCUT2D eigenvalue weighted by atomic mass is 10.0. The number of aromatic amines is 1. The Morgan fingerprint density at radius 2 is 1.86 bits per heavy atom. The largest absolute Gasteiger partial charge is 0.454 e. The van der Waals surface area contributed by atoms with Crippen molar-refractivity contribution in [1.82, 2.24) is 15.0 Å². The van der Waals surface area contributed by atoms with Crippen LogP contribution in [0.3, 0.4) is 0 Å². The van der Waals surface area contributed by atoms with Crippen LogP contribution in [0, 0.1) is 6.92 Å². The molecular weight excluding hydrogens is 356 g/mol. The van der Waals surface area contributed by atoms with E-state index in [9.17, 15) is 4.79 Å². The Morgan fingerprint density at radius 3 is 2.71 bits per heavy atom. The molecule has 2 N–H and O–H groups in total. The van der Waals surface area contributed by atoms with Crippen molar-refractivity contribution in [2.24, 2.45) is 0 Å². The molecule has 0 saturated heterocycles. The van der Waals surface area contributed by atoms with E-state index in [2.05, 4.69) is 20.3 Å². The van der Waals surface area contributed by atoms with Gasteiger partial charge in [0.25, 0.3) is 5.56 Å². The van der Waals surface area contributed by atoms with Crippen LogP contribution < -0.4 is 20.3 Å². The van der Waals surface area contributed by atoms with Gasteiger partial charge in [0.1, 0.15) is 0 Å². The van der Waals surface area contributed by atoms with Crippen LogP contribution in [0.25, 0.3) is 22.2 Å². The van der Waals surface area contributed by atoms with Crippen LogP contribution in [0.5, 0.6) is 11.5 Å². The molecule has 0 fully saturated rings. The van der Waals surface area contributed by atoms with E-state index in [1.165, 1.54) is 0 Å². The third-order valence-electron chi connectivity index (χ3n) is 4.61. The summed E-state index contributed by atoms with van der Waals surface area (Å²) in [7, 11) is 0. The van der Waals surface area contributed by atoms with Gasteiger partial charge in [-0.25, -0.2) is 4.98 Å². The van der Waals surface area contributed by atoms with Crippen molar-refractivity contribution in [3.05, 3.63) is 70.6 Å². The number of rotatable bonds is 3. The molecule has 7 nitrogen and oxygen atoms in total. The van der Waals surface area contributed by atoms with E-state index in [0.29, 0.717) is 28.5 Å². The summed E-state index contributed by atoms with van der Waals surface area (Å²) in [6, 6.07) is 15.2. The monoisotopic (exact) mass is 372 g/mol. The number of anilines is 2. The van der Waals surface area contributed by atoms with Crippen molar-refractivity contribution >= 4 is 22.7 Å². The molecule has 1 aliphatic heterocycles. The van der Waals surface area contributed by atoms with Crippen LogP contribution in [0.15, 0.2) is 59.5 Å². The molecule has 0 amide bonds. The van der Waals surface area contributed by atoms with E-state index in [4.69, 9.17) is 9.47 Å². The van der Waals surface area contributed by atoms with Crippen molar-refractivity contribution in [2.45, 2.75) is 6.92 Å². The van der Waals surface area contributed by atoms with Gasteiger partial charge in [0.05, 0.1) is 5.39 Å². The minimum Gasteiger partial charge on any atom is -0.454 e. The summed E-state index contributed by atoms with van der Waals surface area (Å²) in [5.41, 5.74) is 3.66. The first-order valence-electron chi connectivity index (χ1n) is 8.80. The van der Waals surface area contributed by atoms with Gasteiger partial charge in [-0.3, -0.25) is 9.78 Å². The van der Waals surface area contributed by atoms with Crippen LogP contribution in [-0.2, 0) is 0 Å². The quantitative estimate of drug-likeness (QED) is 0.569. The van der Waals surface area contributed by atoms with Gasteiger partial charge in [0, 0.05) is 11.9 Å². The molecule has 5 rings (SSSR count). The zero-order chi connectivity index (χ0) is 19.1. The summed E-state index contributed by atoms with van der Waals surface area (Å²) in [6.45, 7) is 2.22. The minimum absolute atomic E-state index is 0.200. The zero-order valence-electron chi connectivity index (χ0n) is 15.0. The van der Waals surface area contributed by atoms with Crippen molar-refractivity contribution in [3.8, 4) is 22.6 Å². The Kier molecular flexibility index (Phi) is 3.72. The average molecular weight is 372 g/mol. The molecule has 0 atom stereocenters. The second-order valence-corrected chi connectivity index (χ2v) is 6.53. The maximum absolute atomic E-state index is 12.8. The molecule has 0 saturated carbocycles. The molecule has 7 heteroatoms. The number of hydrogen-bond donors (Lipinski definition) is 2. The van der Waals surface area contributed by atoms with E-state index in [0.717, 1.165) is 22.4 Å². The summed E-state index contributed by atoms with van der Waals surface area (Å²) >= 11 is 0. The van der Waals surface area contributed by atoms with E-state index >= 15 is 0 Å². The number of pyridine rings is 1. The first-order valence-corrected chi connectivity index (χ1v) is 8.80. The van der Waals surface area contributed by atoms with Crippen LogP contribution in [0.4, 0.5) is 11.6 Å². The highest BCUT2D eigenvalue weighted by Gasteiger charge is 2.17. The lowest BCUT2D eigenvalue weighted by molar-refractivity contribution is 0.174. The first kappa shape index (κ1) is 16.3. The summed E-state index contributed by atoms with van der Waals surface area (Å²) in [5, 5.41) is 3.54. The number of aryl methyl sites for hydroxylation is 1. The number of ether oxygens (including phenoxy) is 2. The normalized spacial score (nSPS) is 12.3. The lowest BCUT2D eigenvalue weighted by Gasteiger charge is -2.09. The maximum Gasteiger partial charge on any atom is 0.262 e. The highest BCUT2D eigenvalue weighted by Crippen LogP contribution is 2.37. The van der Waals surface area contributed by atoms with Gasteiger partial charge in [-0.15, -0.1) is 0 Å². The van der Waals surface area contributed by atoms with E-state index < -0.39 is 0 Å². The van der Waals surface area contributed by atoms with Crippen molar-refractivity contribution in [2.75, 3.05) is 12.1 Å². The number of benzene rings is 2. The number of nitrogens with zero attached hydrogens (tertiary/aromatic N) is 2. The summed E-state index contributed by atoms with van der Waals surface area (Å²) in [6.07, 6.45) is 1.64. The third kappa shape index (κ3) is 2.83. The first-order chi connectivity index (χ1) is 13.7. The standard InChI is InChI=1S/C21H16N4O3/c1-12-2-5-14(6-3-12)23-21-24-19-18(20(26)25-21)15(8-9-22-19)13-4-7-16-17(10-13)28-11-27-16/h2-10H,11H2,1H3,(H2,22,23,24,25,26). The molecule has 4 aromatic rings. The molecule has 0 bridgehead atoms. The Hall–Kier alpha value is -3.87. The molecular formula is C21H16N4O3. The van der Waals surface area contributed by atoms with Gasteiger partial charge in [0.2, 0.25) is 12.7 Å². The molecule has 0 spiro atoms. The van der Waals surface area contributed by atoms with E-state index in [1.54, 1.807) is 12.3 Å². The molecule has 0 radical (unpaired) electrons. The Labute approximate surface area is 160 Å². The third-order valence-corrected chi connectivity index (χ3v) is 4.61. The lowest BCUT2D eigenvalue weighted by Crippen LogP contribution is -2.13. The van der Waals surface area contributed by atoms with Gasteiger partial charge in [-0.05, 0) is 48.4 Å². The van der Waals surface area contributed by atoms with Crippen molar-refractivity contribution < 1.29 is 9.47 Å². The van der Waals surface area contributed by atoms with Gasteiger partial charge >= 0.3 is 0 Å². The van der Waals surface area contributed by atoms with Gasteiger partial charge in [-0.1, -0.05) is 23.8 Å². The van der Waals surface area contributed by atoms with Crippen LogP contribution >= 0.6 is 0 Å². The number of fused-ring (bicyclic) bond motifs is 2. The van der Waals surface area contributed by atoms with Gasteiger partial charge in [0.15, 0.2) is 17.1 Å². The number of hydrogen-bond acceptors (Lipinski definition) is 6. The predicted octanol–water partition coefficient (Wildman–Crippen LogP) is 3.77. The molecule has 138 valence electrons. The smallest absolute Gasteiger partial charge is 0.262 e. The molecule has 0 aliphatic carbocycles. The maximum atomic E-state index is 12.8. The minimum atomic E-state index is -0.264. The van der Waals surface area contributed by atoms with E-state index in [-0.39, 0.29) is 12.4 Å². The fourth-order valence-electron chi connectivity index (χ4n) is 3.20. The zero-order valence-corrected chi connectivity index (χ0v) is 15.0.